The quantitative estimate of drug-likeness (QED) is 0.696. The second-order valence-corrected chi connectivity index (χ2v) is 4.36. The van der Waals surface area contributed by atoms with Crippen molar-refractivity contribution < 1.29 is 4.74 Å². The third-order valence-corrected chi connectivity index (χ3v) is 2.57. The molecule has 0 saturated heterocycles. The van der Waals surface area contributed by atoms with Crippen molar-refractivity contribution in [1.82, 2.24) is 15.2 Å². The van der Waals surface area contributed by atoms with Gasteiger partial charge in [0, 0.05) is 18.3 Å². The van der Waals surface area contributed by atoms with Gasteiger partial charge in [-0.05, 0) is 46.1 Å². The van der Waals surface area contributed by atoms with Gasteiger partial charge in [-0.2, -0.15) is 0 Å². The lowest BCUT2D eigenvalue weighted by Crippen LogP contribution is -2.18. The van der Waals surface area contributed by atoms with E-state index in [2.05, 4.69) is 29.3 Å². The first kappa shape index (κ1) is 13.9. The maximum absolute atomic E-state index is 5.20. The minimum atomic E-state index is 0.716. The molecule has 96 valence electrons. The first-order chi connectivity index (χ1) is 8.24. The van der Waals surface area contributed by atoms with Crippen molar-refractivity contribution in [2.24, 2.45) is 0 Å². The fraction of sp³-hybridized carbons (Fsp3) is 0.615. The van der Waals surface area contributed by atoms with Gasteiger partial charge < -0.3 is 15.0 Å². The van der Waals surface area contributed by atoms with E-state index in [1.54, 1.807) is 13.3 Å². The lowest BCUT2D eigenvalue weighted by molar-refractivity contribution is 0.386. The second-order valence-electron chi connectivity index (χ2n) is 4.36. The summed E-state index contributed by atoms with van der Waals surface area (Å²) in [6.07, 6.45) is 4.17. The number of unbranched alkanes of at least 4 members (excludes halogenated alkanes) is 1. The predicted octanol–water partition coefficient (Wildman–Crippen LogP) is 1.52. The Hall–Kier alpha value is -1.13. The van der Waals surface area contributed by atoms with Crippen molar-refractivity contribution in [3.63, 3.8) is 0 Å². The van der Waals surface area contributed by atoms with Crippen LogP contribution in [0.4, 0.5) is 0 Å². The molecule has 0 radical (unpaired) electrons. The van der Waals surface area contributed by atoms with Gasteiger partial charge in [0.1, 0.15) is 0 Å². The van der Waals surface area contributed by atoms with E-state index < -0.39 is 0 Å². The predicted molar refractivity (Wildman–Crippen MR) is 70.3 cm³/mol. The molecular formula is C13H23N3O. The molecule has 0 spiro atoms. The van der Waals surface area contributed by atoms with Crippen LogP contribution in [0.2, 0.25) is 0 Å². The van der Waals surface area contributed by atoms with Gasteiger partial charge in [0.2, 0.25) is 5.88 Å². The SMILES string of the molecule is COc1ncccc1CNCCCCN(C)C. The monoisotopic (exact) mass is 237 g/mol. The zero-order valence-corrected chi connectivity index (χ0v) is 11.1. The molecule has 0 aromatic carbocycles. The molecule has 1 rings (SSSR count). The Morgan fingerprint density at radius 3 is 2.88 bits per heavy atom. The molecule has 0 aliphatic rings. The van der Waals surface area contributed by atoms with Crippen LogP contribution < -0.4 is 10.1 Å². The highest BCUT2D eigenvalue weighted by atomic mass is 16.5. The summed E-state index contributed by atoms with van der Waals surface area (Å²) in [5.74, 6) is 0.716. The third kappa shape index (κ3) is 5.65. The van der Waals surface area contributed by atoms with Crippen molar-refractivity contribution in [1.29, 1.82) is 0 Å². The number of aromatic nitrogens is 1. The Bertz CT molecular complexity index is 315. The fourth-order valence-corrected chi connectivity index (χ4v) is 1.64. The summed E-state index contributed by atoms with van der Waals surface area (Å²) in [4.78, 5) is 6.38. The summed E-state index contributed by atoms with van der Waals surface area (Å²) in [6, 6.07) is 3.98. The van der Waals surface area contributed by atoms with Crippen LogP contribution in [-0.2, 0) is 6.54 Å². The molecule has 0 aliphatic heterocycles. The van der Waals surface area contributed by atoms with E-state index in [1.165, 1.54) is 12.8 Å². The number of hydrogen-bond donors (Lipinski definition) is 1. The van der Waals surface area contributed by atoms with E-state index in [-0.39, 0.29) is 0 Å². The largest absolute Gasteiger partial charge is 0.481 e. The minimum absolute atomic E-state index is 0.716. The maximum Gasteiger partial charge on any atom is 0.217 e. The molecule has 1 aromatic rings. The summed E-state index contributed by atoms with van der Waals surface area (Å²) < 4.78 is 5.20. The Labute approximate surface area is 104 Å². The summed E-state index contributed by atoms with van der Waals surface area (Å²) in [5.41, 5.74) is 1.11. The Morgan fingerprint density at radius 1 is 1.35 bits per heavy atom. The summed E-state index contributed by atoms with van der Waals surface area (Å²) >= 11 is 0. The molecule has 1 aromatic heterocycles. The van der Waals surface area contributed by atoms with Crippen LogP contribution in [-0.4, -0.2) is 44.2 Å². The molecule has 0 unspecified atom stereocenters. The highest BCUT2D eigenvalue weighted by Crippen LogP contribution is 2.12. The second kappa shape index (κ2) is 8.03. The molecule has 1 heterocycles. The normalized spacial score (nSPS) is 10.8. The first-order valence-electron chi connectivity index (χ1n) is 6.07. The minimum Gasteiger partial charge on any atom is -0.481 e. The van der Waals surface area contributed by atoms with Gasteiger partial charge in [0.05, 0.1) is 7.11 Å². The number of nitrogens with zero attached hydrogens (tertiary/aromatic N) is 2. The van der Waals surface area contributed by atoms with Crippen LogP contribution >= 0.6 is 0 Å². The number of ether oxygens (including phenoxy) is 1. The summed E-state index contributed by atoms with van der Waals surface area (Å²) in [7, 11) is 5.87. The van der Waals surface area contributed by atoms with Crippen LogP contribution in [0.1, 0.15) is 18.4 Å². The molecule has 17 heavy (non-hydrogen) atoms. The van der Waals surface area contributed by atoms with E-state index in [0.29, 0.717) is 5.88 Å². The Morgan fingerprint density at radius 2 is 2.18 bits per heavy atom. The molecule has 0 saturated carbocycles. The van der Waals surface area contributed by atoms with Gasteiger partial charge >= 0.3 is 0 Å². The van der Waals surface area contributed by atoms with Crippen LogP contribution in [0.5, 0.6) is 5.88 Å². The van der Waals surface area contributed by atoms with Crippen LogP contribution in [0.15, 0.2) is 18.3 Å². The standard InChI is InChI=1S/C13H23N3O/c1-16(2)10-5-4-8-14-11-12-7-6-9-15-13(12)17-3/h6-7,9,14H,4-5,8,10-11H2,1-3H3. The van der Waals surface area contributed by atoms with Gasteiger partial charge in [-0.1, -0.05) is 6.07 Å². The highest BCUT2D eigenvalue weighted by molar-refractivity contribution is 5.24. The maximum atomic E-state index is 5.20. The molecule has 4 heteroatoms. The fourth-order valence-electron chi connectivity index (χ4n) is 1.64. The topological polar surface area (TPSA) is 37.4 Å². The smallest absolute Gasteiger partial charge is 0.217 e. The van der Waals surface area contributed by atoms with Crippen LogP contribution in [0, 0.1) is 0 Å². The van der Waals surface area contributed by atoms with Gasteiger partial charge in [0.25, 0.3) is 0 Å². The average Bonchev–Trinajstić information content (AvgIpc) is 2.33. The number of rotatable bonds is 8. The lowest BCUT2D eigenvalue weighted by atomic mass is 10.2. The molecule has 1 N–H and O–H groups in total. The van der Waals surface area contributed by atoms with Crippen LogP contribution in [0.3, 0.4) is 0 Å². The molecule has 0 fully saturated rings. The van der Waals surface area contributed by atoms with Crippen molar-refractivity contribution >= 4 is 0 Å². The zero-order chi connectivity index (χ0) is 12.5. The van der Waals surface area contributed by atoms with Crippen molar-refractivity contribution in [3.8, 4) is 5.88 Å². The number of nitrogens with one attached hydrogen (secondary N) is 1. The van der Waals surface area contributed by atoms with E-state index in [1.807, 2.05) is 12.1 Å². The molecule has 0 amide bonds. The lowest BCUT2D eigenvalue weighted by Gasteiger charge is -2.10. The van der Waals surface area contributed by atoms with E-state index in [9.17, 15) is 0 Å². The zero-order valence-electron chi connectivity index (χ0n) is 11.1. The van der Waals surface area contributed by atoms with Crippen molar-refractivity contribution in [2.75, 3.05) is 34.3 Å². The van der Waals surface area contributed by atoms with Gasteiger partial charge in [-0.15, -0.1) is 0 Å². The van der Waals surface area contributed by atoms with Gasteiger partial charge in [-0.25, -0.2) is 4.98 Å². The van der Waals surface area contributed by atoms with E-state index in [4.69, 9.17) is 4.74 Å². The molecule has 0 atom stereocenters. The van der Waals surface area contributed by atoms with Crippen molar-refractivity contribution in [2.45, 2.75) is 19.4 Å². The molecule has 4 nitrogen and oxygen atoms in total. The van der Waals surface area contributed by atoms with E-state index >= 15 is 0 Å². The first-order valence-corrected chi connectivity index (χ1v) is 6.07. The summed E-state index contributed by atoms with van der Waals surface area (Å²) in [5, 5.41) is 3.41. The van der Waals surface area contributed by atoms with E-state index in [0.717, 1.165) is 25.2 Å². The molecule has 0 aliphatic carbocycles. The summed E-state index contributed by atoms with van der Waals surface area (Å²) in [6.45, 7) is 3.00. The number of hydrogen-bond acceptors (Lipinski definition) is 4. The number of methoxy groups -OCH3 is 1. The van der Waals surface area contributed by atoms with Crippen LogP contribution in [0.25, 0.3) is 0 Å². The molecular weight excluding hydrogens is 214 g/mol. The van der Waals surface area contributed by atoms with Gasteiger partial charge in [-0.3, -0.25) is 0 Å². The van der Waals surface area contributed by atoms with Crippen molar-refractivity contribution in [3.05, 3.63) is 23.9 Å². The third-order valence-electron chi connectivity index (χ3n) is 2.57. The average molecular weight is 237 g/mol. The Kier molecular flexibility index (Phi) is 6.58. The van der Waals surface area contributed by atoms with Gasteiger partial charge in [0.15, 0.2) is 0 Å². The Balaban J connectivity index is 2.17. The highest BCUT2D eigenvalue weighted by Gasteiger charge is 2.01. The number of pyridine rings is 1. The molecule has 0 bridgehead atoms.